The van der Waals surface area contributed by atoms with Gasteiger partial charge in [0.2, 0.25) is 0 Å². The minimum atomic E-state index is 0.658. The summed E-state index contributed by atoms with van der Waals surface area (Å²) < 4.78 is 5.82. The van der Waals surface area contributed by atoms with Gasteiger partial charge in [0, 0.05) is 15.9 Å². The fraction of sp³-hybridized carbons (Fsp3) is 0.200. The maximum absolute atomic E-state index is 5.92. The van der Waals surface area contributed by atoms with E-state index in [1.165, 1.54) is 0 Å². The van der Waals surface area contributed by atoms with Crippen LogP contribution in [0, 0.1) is 6.92 Å². The number of halogens is 2. The van der Waals surface area contributed by atoms with Gasteiger partial charge >= 0.3 is 0 Å². The normalized spacial score (nSPS) is 10.4. The van der Waals surface area contributed by atoms with E-state index in [1.807, 2.05) is 30.3 Å². The van der Waals surface area contributed by atoms with Crippen LogP contribution >= 0.6 is 27.5 Å². The molecule has 0 aliphatic carbocycles. The SMILES string of the molecule is Cc1cccc(-c2ccc(Cl)cc2)c1OCCBr. The summed E-state index contributed by atoms with van der Waals surface area (Å²) in [7, 11) is 0. The molecule has 0 bridgehead atoms. The van der Waals surface area contributed by atoms with Crippen molar-refractivity contribution in [3.63, 3.8) is 0 Å². The molecular weight excluding hydrogens is 312 g/mol. The number of alkyl halides is 1. The van der Waals surface area contributed by atoms with Gasteiger partial charge in [0.25, 0.3) is 0 Å². The van der Waals surface area contributed by atoms with Crippen molar-refractivity contribution in [3.8, 4) is 16.9 Å². The van der Waals surface area contributed by atoms with E-state index < -0.39 is 0 Å². The molecule has 0 heterocycles. The lowest BCUT2D eigenvalue weighted by Crippen LogP contribution is -2.01. The second-order valence-electron chi connectivity index (χ2n) is 4.00. The Kier molecular flexibility index (Phi) is 4.67. The number of ether oxygens (including phenoxy) is 1. The molecule has 0 saturated carbocycles. The van der Waals surface area contributed by atoms with E-state index in [9.17, 15) is 0 Å². The van der Waals surface area contributed by atoms with Gasteiger partial charge in [-0.1, -0.05) is 57.9 Å². The first-order chi connectivity index (χ1) is 8.72. The highest BCUT2D eigenvalue weighted by Gasteiger charge is 2.08. The van der Waals surface area contributed by atoms with Crippen LogP contribution in [0.5, 0.6) is 5.75 Å². The molecule has 0 N–H and O–H groups in total. The predicted molar refractivity (Wildman–Crippen MR) is 80.9 cm³/mol. The molecule has 3 heteroatoms. The lowest BCUT2D eigenvalue weighted by molar-refractivity contribution is 0.344. The summed E-state index contributed by atoms with van der Waals surface area (Å²) in [5.74, 6) is 0.944. The molecule has 0 saturated heterocycles. The predicted octanol–water partition coefficient (Wildman–Crippen LogP) is 5.09. The zero-order valence-corrected chi connectivity index (χ0v) is 12.5. The van der Waals surface area contributed by atoms with Crippen LogP contribution < -0.4 is 4.74 Å². The third-order valence-electron chi connectivity index (χ3n) is 2.69. The van der Waals surface area contributed by atoms with E-state index in [1.54, 1.807) is 0 Å². The second kappa shape index (κ2) is 6.26. The van der Waals surface area contributed by atoms with E-state index in [0.717, 1.165) is 32.8 Å². The third-order valence-corrected chi connectivity index (χ3v) is 3.27. The van der Waals surface area contributed by atoms with Crippen LogP contribution in [-0.4, -0.2) is 11.9 Å². The van der Waals surface area contributed by atoms with Crippen LogP contribution in [0.25, 0.3) is 11.1 Å². The van der Waals surface area contributed by atoms with Gasteiger partial charge in [-0.25, -0.2) is 0 Å². The topological polar surface area (TPSA) is 9.23 Å². The van der Waals surface area contributed by atoms with Crippen molar-refractivity contribution >= 4 is 27.5 Å². The van der Waals surface area contributed by atoms with Gasteiger partial charge < -0.3 is 4.74 Å². The Morgan fingerprint density at radius 1 is 1.11 bits per heavy atom. The quantitative estimate of drug-likeness (QED) is 0.712. The first kappa shape index (κ1) is 13.4. The van der Waals surface area contributed by atoms with Gasteiger partial charge in [0.15, 0.2) is 0 Å². The summed E-state index contributed by atoms with van der Waals surface area (Å²) in [6.45, 7) is 2.72. The van der Waals surface area contributed by atoms with E-state index >= 15 is 0 Å². The minimum Gasteiger partial charge on any atom is -0.492 e. The first-order valence-electron chi connectivity index (χ1n) is 5.76. The van der Waals surface area contributed by atoms with Crippen LogP contribution in [0.2, 0.25) is 5.02 Å². The van der Waals surface area contributed by atoms with Gasteiger partial charge in [-0.05, 0) is 30.2 Å². The van der Waals surface area contributed by atoms with Crippen LogP contribution in [0.3, 0.4) is 0 Å². The molecule has 0 aromatic heterocycles. The Bertz CT molecular complexity index is 523. The summed E-state index contributed by atoms with van der Waals surface area (Å²) in [4.78, 5) is 0. The van der Waals surface area contributed by atoms with Gasteiger partial charge in [-0.3, -0.25) is 0 Å². The standard InChI is InChI=1S/C15H14BrClO/c1-11-3-2-4-14(15(11)18-10-9-16)12-5-7-13(17)8-6-12/h2-8H,9-10H2,1H3. The minimum absolute atomic E-state index is 0.658. The van der Waals surface area contributed by atoms with Crippen molar-refractivity contribution in [1.82, 2.24) is 0 Å². The molecule has 2 rings (SSSR count). The van der Waals surface area contributed by atoms with Crippen molar-refractivity contribution in [2.24, 2.45) is 0 Å². The number of hydrogen-bond donors (Lipinski definition) is 0. The third kappa shape index (κ3) is 3.06. The summed E-state index contributed by atoms with van der Waals surface area (Å²) in [6.07, 6.45) is 0. The molecule has 0 aliphatic rings. The number of rotatable bonds is 4. The molecule has 0 amide bonds. The Morgan fingerprint density at radius 3 is 2.50 bits per heavy atom. The highest BCUT2D eigenvalue weighted by molar-refractivity contribution is 9.09. The molecule has 2 aromatic rings. The van der Waals surface area contributed by atoms with Crippen LogP contribution in [-0.2, 0) is 0 Å². The Balaban J connectivity index is 2.43. The van der Waals surface area contributed by atoms with Crippen LogP contribution in [0.4, 0.5) is 0 Å². The van der Waals surface area contributed by atoms with Crippen molar-refractivity contribution in [2.45, 2.75) is 6.92 Å². The van der Waals surface area contributed by atoms with E-state index in [-0.39, 0.29) is 0 Å². The lowest BCUT2D eigenvalue weighted by atomic mass is 10.0. The van der Waals surface area contributed by atoms with Crippen LogP contribution in [0.1, 0.15) is 5.56 Å². The van der Waals surface area contributed by atoms with Gasteiger partial charge in [-0.2, -0.15) is 0 Å². The number of benzene rings is 2. The van der Waals surface area contributed by atoms with Gasteiger partial charge in [0.05, 0.1) is 6.61 Å². The Hall–Kier alpha value is -0.990. The maximum atomic E-state index is 5.92. The smallest absolute Gasteiger partial charge is 0.130 e. The zero-order valence-electron chi connectivity index (χ0n) is 10.1. The van der Waals surface area contributed by atoms with Crippen molar-refractivity contribution < 1.29 is 4.74 Å². The summed E-state index contributed by atoms with van der Waals surface area (Å²) in [5, 5.41) is 1.57. The van der Waals surface area contributed by atoms with Crippen LogP contribution in [0.15, 0.2) is 42.5 Å². The van der Waals surface area contributed by atoms with E-state index in [2.05, 4.69) is 35.0 Å². The van der Waals surface area contributed by atoms with Gasteiger partial charge in [-0.15, -0.1) is 0 Å². The Morgan fingerprint density at radius 2 is 1.83 bits per heavy atom. The number of para-hydroxylation sites is 1. The molecule has 94 valence electrons. The maximum Gasteiger partial charge on any atom is 0.130 e. The molecule has 0 radical (unpaired) electrons. The Labute approximate surface area is 121 Å². The van der Waals surface area contributed by atoms with E-state index in [4.69, 9.17) is 16.3 Å². The summed E-state index contributed by atoms with van der Waals surface area (Å²) in [6, 6.07) is 14.0. The number of hydrogen-bond acceptors (Lipinski definition) is 1. The second-order valence-corrected chi connectivity index (χ2v) is 5.23. The molecule has 1 nitrogen and oxygen atoms in total. The molecule has 0 fully saturated rings. The zero-order chi connectivity index (χ0) is 13.0. The lowest BCUT2D eigenvalue weighted by Gasteiger charge is -2.13. The first-order valence-corrected chi connectivity index (χ1v) is 7.26. The van der Waals surface area contributed by atoms with Crippen molar-refractivity contribution in [3.05, 3.63) is 53.1 Å². The van der Waals surface area contributed by atoms with E-state index in [0.29, 0.717) is 6.61 Å². The average Bonchev–Trinajstić information content (AvgIpc) is 2.38. The average molecular weight is 326 g/mol. The fourth-order valence-electron chi connectivity index (χ4n) is 1.84. The van der Waals surface area contributed by atoms with Crippen molar-refractivity contribution in [1.29, 1.82) is 0 Å². The van der Waals surface area contributed by atoms with Gasteiger partial charge in [0.1, 0.15) is 5.75 Å². The molecule has 2 aromatic carbocycles. The highest BCUT2D eigenvalue weighted by atomic mass is 79.9. The van der Waals surface area contributed by atoms with Crippen molar-refractivity contribution in [2.75, 3.05) is 11.9 Å². The molecule has 0 spiro atoms. The highest BCUT2D eigenvalue weighted by Crippen LogP contribution is 2.33. The summed E-state index contributed by atoms with van der Waals surface area (Å²) >= 11 is 9.30. The molecule has 0 unspecified atom stereocenters. The monoisotopic (exact) mass is 324 g/mol. The number of aryl methyl sites for hydroxylation is 1. The summed E-state index contributed by atoms with van der Waals surface area (Å²) in [5.41, 5.74) is 3.36. The molecule has 0 aliphatic heterocycles. The largest absolute Gasteiger partial charge is 0.492 e. The fourth-order valence-corrected chi connectivity index (χ4v) is 2.13. The molecule has 18 heavy (non-hydrogen) atoms. The molecular formula is C15H14BrClO. The molecule has 0 atom stereocenters.